The first-order valence-electron chi connectivity index (χ1n) is 9.03. The Hall–Kier alpha value is -1.93. The average Bonchev–Trinajstić information content (AvgIpc) is 2.62. The van der Waals surface area contributed by atoms with Gasteiger partial charge in [-0.2, -0.15) is 0 Å². The number of carbonyl (C=O) groups is 1. The van der Waals surface area contributed by atoms with Crippen molar-refractivity contribution in [2.24, 2.45) is 0 Å². The van der Waals surface area contributed by atoms with Crippen LogP contribution in [0, 0.1) is 0 Å². The van der Waals surface area contributed by atoms with Gasteiger partial charge in [-0.25, -0.2) is 9.78 Å². The van der Waals surface area contributed by atoms with Crippen molar-refractivity contribution in [1.29, 1.82) is 0 Å². The van der Waals surface area contributed by atoms with Gasteiger partial charge >= 0.3 is 6.03 Å². The molecule has 3 rings (SSSR count). The molecule has 1 aromatic heterocycles. The average molecular weight is 348 g/mol. The van der Waals surface area contributed by atoms with E-state index < -0.39 is 0 Å². The second-order valence-electron chi connectivity index (χ2n) is 6.79. The molecular formula is C17H28N6O2. The van der Waals surface area contributed by atoms with Crippen LogP contribution in [0.15, 0.2) is 18.6 Å². The van der Waals surface area contributed by atoms with Gasteiger partial charge in [0.1, 0.15) is 5.82 Å². The molecule has 8 nitrogen and oxygen atoms in total. The number of anilines is 1. The molecule has 0 radical (unpaired) electrons. The highest BCUT2D eigenvalue weighted by Gasteiger charge is 2.23. The Kier molecular flexibility index (Phi) is 6.04. The summed E-state index contributed by atoms with van der Waals surface area (Å²) >= 11 is 0. The lowest BCUT2D eigenvalue weighted by atomic mass is 10.2. The van der Waals surface area contributed by atoms with Gasteiger partial charge in [-0.3, -0.25) is 9.88 Å². The minimum absolute atomic E-state index is 0.0214. The van der Waals surface area contributed by atoms with Crippen LogP contribution in [0.2, 0.25) is 0 Å². The number of ether oxygens (including phenoxy) is 1. The quantitative estimate of drug-likeness (QED) is 0.850. The molecule has 8 heteroatoms. The van der Waals surface area contributed by atoms with E-state index in [2.05, 4.69) is 38.9 Å². The molecule has 138 valence electrons. The first-order valence-corrected chi connectivity index (χ1v) is 9.03. The Labute approximate surface area is 149 Å². The van der Waals surface area contributed by atoms with E-state index in [0.29, 0.717) is 19.6 Å². The van der Waals surface area contributed by atoms with Crippen molar-refractivity contribution < 1.29 is 9.53 Å². The number of morpholine rings is 1. The molecule has 2 fully saturated rings. The van der Waals surface area contributed by atoms with Crippen molar-refractivity contribution in [1.82, 2.24) is 25.1 Å². The predicted molar refractivity (Wildman–Crippen MR) is 95.7 cm³/mol. The highest BCUT2D eigenvalue weighted by Crippen LogP contribution is 2.12. The summed E-state index contributed by atoms with van der Waals surface area (Å²) in [6.45, 7) is 10.5. The summed E-state index contributed by atoms with van der Waals surface area (Å²) < 4.78 is 5.73. The third-order valence-electron chi connectivity index (χ3n) is 4.64. The zero-order valence-corrected chi connectivity index (χ0v) is 15.1. The molecule has 2 atom stereocenters. The van der Waals surface area contributed by atoms with E-state index >= 15 is 0 Å². The molecule has 0 spiro atoms. The minimum atomic E-state index is 0.0214. The number of amides is 2. The van der Waals surface area contributed by atoms with Gasteiger partial charge in [0.25, 0.3) is 0 Å². The fourth-order valence-corrected chi connectivity index (χ4v) is 3.49. The molecule has 2 saturated heterocycles. The van der Waals surface area contributed by atoms with Crippen LogP contribution in [-0.2, 0) is 4.74 Å². The number of piperazine rings is 1. The maximum absolute atomic E-state index is 12.3. The monoisotopic (exact) mass is 348 g/mol. The Morgan fingerprint density at radius 2 is 1.92 bits per heavy atom. The van der Waals surface area contributed by atoms with Gasteiger partial charge in [0.05, 0.1) is 18.4 Å². The summed E-state index contributed by atoms with van der Waals surface area (Å²) in [4.78, 5) is 27.1. The zero-order chi connectivity index (χ0) is 17.6. The van der Waals surface area contributed by atoms with E-state index in [1.165, 1.54) is 0 Å². The summed E-state index contributed by atoms with van der Waals surface area (Å²) in [5.74, 6) is 0.873. The van der Waals surface area contributed by atoms with Crippen molar-refractivity contribution in [3.63, 3.8) is 0 Å². The molecular weight excluding hydrogens is 320 g/mol. The van der Waals surface area contributed by atoms with E-state index in [1.54, 1.807) is 18.6 Å². The molecule has 2 aliphatic heterocycles. The number of nitrogens with one attached hydrogen (secondary N) is 1. The lowest BCUT2D eigenvalue weighted by molar-refractivity contribution is -0.0672. The maximum atomic E-state index is 12.3. The first kappa shape index (κ1) is 17.9. The van der Waals surface area contributed by atoms with Gasteiger partial charge in [0.2, 0.25) is 0 Å². The van der Waals surface area contributed by atoms with Gasteiger partial charge < -0.3 is 19.9 Å². The number of carbonyl (C=O) groups excluding carboxylic acids is 1. The van der Waals surface area contributed by atoms with Crippen molar-refractivity contribution >= 4 is 11.8 Å². The second-order valence-corrected chi connectivity index (χ2v) is 6.79. The maximum Gasteiger partial charge on any atom is 0.317 e. The molecule has 1 aromatic rings. The molecule has 25 heavy (non-hydrogen) atoms. The molecule has 3 heterocycles. The molecule has 0 aliphatic carbocycles. The van der Waals surface area contributed by atoms with Crippen LogP contribution in [0.5, 0.6) is 0 Å². The zero-order valence-electron chi connectivity index (χ0n) is 15.1. The molecule has 0 aromatic carbocycles. The highest BCUT2D eigenvalue weighted by molar-refractivity contribution is 5.74. The largest absolute Gasteiger partial charge is 0.373 e. The lowest BCUT2D eigenvalue weighted by Crippen LogP contribution is -2.53. The fourth-order valence-electron chi connectivity index (χ4n) is 3.49. The van der Waals surface area contributed by atoms with Crippen molar-refractivity contribution in [2.75, 3.05) is 57.3 Å². The third kappa shape index (κ3) is 5.02. The van der Waals surface area contributed by atoms with E-state index in [4.69, 9.17) is 4.74 Å². The Morgan fingerprint density at radius 1 is 1.20 bits per heavy atom. The van der Waals surface area contributed by atoms with Crippen LogP contribution in [0.4, 0.5) is 10.6 Å². The Morgan fingerprint density at radius 3 is 2.56 bits per heavy atom. The topological polar surface area (TPSA) is 73.8 Å². The van der Waals surface area contributed by atoms with Gasteiger partial charge in [-0.05, 0) is 13.8 Å². The lowest BCUT2D eigenvalue weighted by Gasteiger charge is -2.36. The van der Waals surface area contributed by atoms with E-state index in [1.807, 2.05) is 4.90 Å². The molecule has 2 unspecified atom stereocenters. The van der Waals surface area contributed by atoms with Crippen LogP contribution < -0.4 is 10.2 Å². The fraction of sp³-hybridized carbons (Fsp3) is 0.706. The molecule has 0 saturated carbocycles. The first-order chi connectivity index (χ1) is 12.1. The number of aromatic nitrogens is 2. The molecule has 2 amide bonds. The van der Waals surface area contributed by atoms with Crippen molar-refractivity contribution in [2.45, 2.75) is 26.1 Å². The number of hydrogen-bond donors (Lipinski definition) is 1. The molecule has 2 aliphatic rings. The number of urea groups is 1. The third-order valence-corrected chi connectivity index (χ3v) is 4.64. The predicted octanol–water partition coefficient (Wildman–Crippen LogP) is 0.417. The molecule has 0 bridgehead atoms. The minimum Gasteiger partial charge on any atom is -0.373 e. The second kappa shape index (κ2) is 8.44. The van der Waals surface area contributed by atoms with E-state index in [9.17, 15) is 4.79 Å². The van der Waals surface area contributed by atoms with Gasteiger partial charge in [-0.15, -0.1) is 0 Å². The van der Waals surface area contributed by atoms with Gasteiger partial charge in [-0.1, -0.05) is 0 Å². The highest BCUT2D eigenvalue weighted by atomic mass is 16.5. The standard InChI is InChI=1S/C17H28N6O2/c1-14-12-21(13-15(2)25-14)6-5-20-17(24)23-9-7-22(8-10-23)16-11-18-3-4-19-16/h3-4,11,14-15H,5-10,12-13H2,1-2H3,(H,20,24). The van der Waals surface area contributed by atoms with Gasteiger partial charge in [0, 0.05) is 64.8 Å². The number of hydrogen-bond acceptors (Lipinski definition) is 6. The summed E-state index contributed by atoms with van der Waals surface area (Å²) in [5, 5.41) is 3.04. The van der Waals surface area contributed by atoms with Crippen molar-refractivity contribution in [3.8, 4) is 0 Å². The van der Waals surface area contributed by atoms with Crippen LogP contribution in [0.3, 0.4) is 0 Å². The number of nitrogens with zero attached hydrogens (tertiary/aromatic N) is 5. The Bertz CT molecular complexity index is 539. The van der Waals surface area contributed by atoms with E-state index in [-0.39, 0.29) is 18.2 Å². The van der Waals surface area contributed by atoms with Crippen LogP contribution in [0.1, 0.15) is 13.8 Å². The SMILES string of the molecule is CC1CN(CCNC(=O)N2CCN(c3cnccn3)CC2)CC(C)O1. The van der Waals surface area contributed by atoms with Crippen molar-refractivity contribution in [3.05, 3.63) is 18.6 Å². The van der Waals surface area contributed by atoms with Crippen LogP contribution in [-0.4, -0.2) is 90.4 Å². The van der Waals surface area contributed by atoms with Gasteiger partial charge in [0.15, 0.2) is 0 Å². The summed E-state index contributed by atoms with van der Waals surface area (Å²) in [6.07, 6.45) is 5.65. The Balaban J connectivity index is 1.37. The summed E-state index contributed by atoms with van der Waals surface area (Å²) in [7, 11) is 0. The van der Waals surface area contributed by atoms with Crippen LogP contribution >= 0.6 is 0 Å². The summed E-state index contributed by atoms with van der Waals surface area (Å²) in [5.41, 5.74) is 0. The molecule has 1 N–H and O–H groups in total. The summed E-state index contributed by atoms with van der Waals surface area (Å²) in [6, 6.07) is 0.0214. The number of rotatable bonds is 4. The normalized spacial score (nSPS) is 25.0. The van der Waals surface area contributed by atoms with E-state index in [0.717, 1.165) is 38.5 Å². The van der Waals surface area contributed by atoms with Crippen LogP contribution in [0.25, 0.3) is 0 Å². The smallest absolute Gasteiger partial charge is 0.317 e.